The molecule has 1 unspecified atom stereocenters. The monoisotopic (exact) mass is 286 g/mol. The van der Waals surface area contributed by atoms with E-state index in [1.54, 1.807) is 0 Å². The van der Waals surface area contributed by atoms with E-state index in [1.807, 2.05) is 18.2 Å². The van der Waals surface area contributed by atoms with Gasteiger partial charge in [-0.05, 0) is 62.7 Å². The van der Waals surface area contributed by atoms with E-state index >= 15 is 0 Å². The lowest BCUT2D eigenvalue weighted by Gasteiger charge is -2.34. The van der Waals surface area contributed by atoms with Gasteiger partial charge in [0.1, 0.15) is 0 Å². The standard InChI is InChI=1S/C18H26N2O/c1-2-14-6-3-4-7-16(14)18(21)20-13-5-8-17(20)15-9-11-19-12-10-15/h3-4,6-7,15,17,19H,2,5,8-13H2,1H3. The molecule has 0 bridgehead atoms. The second kappa shape index (κ2) is 6.61. The van der Waals surface area contributed by atoms with Crippen LogP contribution in [-0.4, -0.2) is 36.5 Å². The maximum Gasteiger partial charge on any atom is 0.254 e. The first-order chi connectivity index (χ1) is 10.3. The molecule has 0 saturated carbocycles. The topological polar surface area (TPSA) is 32.3 Å². The summed E-state index contributed by atoms with van der Waals surface area (Å²) < 4.78 is 0. The molecule has 1 amide bonds. The number of amides is 1. The molecule has 0 radical (unpaired) electrons. The molecule has 3 nitrogen and oxygen atoms in total. The van der Waals surface area contributed by atoms with Crippen LogP contribution in [0, 0.1) is 5.92 Å². The van der Waals surface area contributed by atoms with Crippen LogP contribution in [0.4, 0.5) is 0 Å². The highest BCUT2D eigenvalue weighted by Crippen LogP contribution is 2.31. The molecule has 0 spiro atoms. The summed E-state index contributed by atoms with van der Waals surface area (Å²) >= 11 is 0. The number of aryl methyl sites for hydroxylation is 1. The van der Waals surface area contributed by atoms with Crippen LogP contribution in [0.2, 0.25) is 0 Å². The van der Waals surface area contributed by atoms with E-state index in [9.17, 15) is 4.79 Å². The summed E-state index contributed by atoms with van der Waals surface area (Å²) in [7, 11) is 0. The van der Waals surface area contributed by atoms with E-state index in [-0.39, 0.29) is 5.91 Å². The zero-order valence-electron chi connectivity index (χ0n) is 13.0. The van der Waals surface area contributed by atoms with E-state index in [0.29, 0.717) is 12.0 Å². The van der Waals surface area contributed by atoms with Gasteiger partial charge < -0.3 is 10.2 Å². The fraction of sp³-hybridized carbons (Fsp3) is 0.611. The Morgan fingerprint density at radius 1 is 1.24 bits per heavy atom. The summed E-state index contributed by atoms with van der Waals surface area (Å²) in [6.45, 7) is 5.27. The summed E-state index contributed by atoms with van der Waals surface area (Å²) in [5, 5.41) is 3.43. The Hall–Kier alpha value is -1.35. The van der Waals surface area contributed by atoms with Crippen LogP contribution >= 0.6 is 0 Å². The summed E-state index contributed by atoms with van der Waals surface area (Å²) in [5.41, 5.74) is 2.10. The fourth-order valence-electron chi connectivity index (χ4n) is 3.96. The van der Waals surface area contributed by atoms with Crippen molar-refractivity contribution in [1.29, 1.82) is 0 Å². The number of rotatable bonds is 3. The van der Waals surface area contributed by atoms with Crippen molar-refractivity contribution in [2.75, 3.05) is 19.6 Å². The third-order valence-corrected chi connectivity index (χ3v) is 5.12. The average molecular weight is 286 g/mol. The Morgan fingerprint density at radius 3 is 2.76 bits per heavy atom. The SMILES string of the molecule is CCc1ccccc1C(=O)N1CCCC1C1CCNCC1. The normalized spacial score (nSPS) is 23.5. The summed E-state index contributed by atoms with van der Waals surface area (Å²) in [6, 6.07) is 8.57. The Labute approximate surface area is 127 Å². The average Bonchev–Trinajstić information content (AvgIpc) is 3.04. The van der Waals surface area contributed by atoms with Gasteiger partial charge in [-0.15, -0.1) is 0 Å². The van der Waals surface area contributed by atoms with E-state index in [1.165, 1.54) is 24.8 Å². The van der Waals surface area contributed by atoms with Crippen LogP contribution < -0.4 is 5.32 Å². The third-order valence-electron chi connectivity index (χ3n) is 5.12. The maximum atomic E-state index is 13.0. The highest BCUT2D eigenvalue weighted by Gasteiger charge is 2.35. The molecular formula is C18H26N2O. The lowest BCUT2D eigenvalue weighted by molar-refractivity contribution is 0.0665. The van der Waals surface area contributed by atoms with Gasteiger partial charge in [0.05, 0.1) is 0 Å². The minimum Gasteiger partial charge on any atom is -0.335 e. The molecule has 1 aromatic carbocycles. The van der Waals surface area contributed by atoms with E-state index < -0.39 is 0 Å². The summed E-state index contributed by atoms with van der Waals surface area (Å²) in [5.74, 6) is 0.944. The Bertz CT molecular complexity index is 494. The molecule has 21 heavy (non-hydrogen) atoms. The van der Waals surface area contributed by atoms with E-state index in [2.05, 4.69) is 23.2 Å². The molecule has 114 valence electrons. The third kappa shape index (κ3) is 2.98. The molecule has 0 aromatic heterocycles. The highest BCUT2D eigenvalue weighted by molar-refractivity contribution is 5.96. The zero-order chi connectivity index (χ0) is 14.7. The van der Waals surface area contributed by atoms with Gasteiger partial charge in [0.2, 0.25) is 0 Å². The predicted molar refractivity (Wildman–Crippen MR) is 85.5 cm³/mol. The first-order valence-electron chi connectivity index (χ1n) is 8.41. The van der Waals surface area contributed by atoms with Crippen molar-refractivity contribution >= 4 is 5.91 Å². The first kappa shape index (κ1) is 14.6. The van der Waals surface area contributed by atoms with Gasteiger partial charge >= 0.3 is 0 Å². The van der Waals surface area contributed by atoms with Crippen molar-refractivity contribution in [2.24, 2.45) is 5.92 Å². The summed E-state index contributed by atoms with van der Waals surface area (Å²) in [4.78, 5) is 15.2. The van der Waals surface area contributed by atoms with Crippen LogP contribution in [0.25, 0.3) is 0 Å². The summed E-state index contributed by atoms with van der Waals surface area (Å²) in [6.07, 6.45) is 5.70. The van der Waals surface area contributed by atoms with Crippen LogP contribution in [0.1, 0.15) is 48.5 Å². The second-order valence-electron chi connectivity index (χ2n) is 6.31. The van der Waals surface area contributed by atoms with Crippen molar-refractivity contribution in [3.8, 4) is 0 Å². The largest absolute Gasteiger partial charge is 0.335 e. The van der Waals surface area contributed by atoms with Crippen molar-refractivity contribution in [3.05, 3.63) is 35.4 Å². The molecule has 2 saturated heterocycles. The van der Waals surface area contributed by atoms with Crippen LogP contribution in [0.5, 0.6) is 0 Å². The molecule has 3 rings (SSSR count). The number of benzene rings is 1. The lowest BCUT2D eigenvalue weighted by Crippen LogP contribution is -2.44. The van der Waals surface area contributed by atoms with Crippen LogP contribution in [0.15, 0.2) is 24.3 Å². The number of hydrogen-bond donors (Lipinski definition) is 1. The van der Waals surface area contributed by atoms with Crippen molar-refractivity contribution in [3.63, 3.8) is 0 Å². The Kier molecular flexibility index (Phi) is 4.59. The number of nitrogens with zero attached hydrogens (tertiary/aromatic N) is 1. The number of carbonyl (C=O) groups is 1. The minimum absolute atomic E-state index is 0.258. The highest BCUT2D eigenvalue weighted by atomic mass is 16.2. The van der Waals surface area contributed by atoms with Gasteiger partial charge in [0.25, 0.3) is 5.91 Å². The maximum absolute atomic E-state index is 13.0. The molecule has 2 heterocycles. The van der Waals surface area contributed by atoms with Gasteiger partial charge in [-0.3, -0.25) is 4.79 Å². The number of carbonyl (C=O) groups excluding carboxylic acids is 1. The Morgan fingerprint density at radius 2 is 2.00 bits per heavy atom. The smallest absolute Gasteiger partial charge is 0.254 e. The number of nitrogens with one attached hydrogen (secondary N) is 1. The lowest BCUT2D eigenvalue weighted by atomic mass is 9.88. The zero-order valence-corrected chi connectivity index (χ0v) is 13.0. The predicted octanol–water partition coefficient (Wildman–Crippen LogP) is 2.85. The number of piperidine rings is 1. The second-order valence-corrected chi connectivity index (χ2v) is 6.31. The molecule has 2 aliphatic rings. The molecule has 0 aliphatic carbocycles. The number of likely N-dealkylation sites (tertiary alicyclic amines) is 1. The molecular weight excluding hydrogens is 260 g/mol. The van der Waals surface area contributed by atoms with Crippen LogP contribution in [0.3, 0.4) is 0 Å². The molecule has 2 aliphatic heterocycles. The first-order valence-corrected chi connectivity index (χ1v) is 8.41. The van der Waals surface area contributed by atoms with Gasteiger partial charge in [0, 0.05) is 18.2 Å². The fourth-order valence-corrected chi connectivity index (χ4v) is 3.96. The van der Waals surface area contributed by atoms with E-state index in [4.69, 9.17) is 0 Å². The van der Waals surface area contributed by atoms with Gasteiger partial charge in [-0.2, -0.15) is 0 Å². The quantitative estimate of drug-likeness (QED) is 0.926. The van der Waals surface area contributed by atoms with Gasteiger partial charge in [-0.25, -0.2) is 0 Å². The molecule has 1 aromatic rings. The molecule has 3 heteroatoms. The van der Waals surface area contributed by atoms with E-state index in [0.717, 1.165) is 38.0 Å². The molecule has 1 atom stereocenters. The Balaban J connectivity index is 1.79. The molecule has 2 fully saturated rings. The van der Waals surface area contributed by atoms with Gasteiger partial charge in [0.15, 0.2) is 0 Å². The van der Waals surface area contributed by atoms with Crippen molar-refractivity contribution < 1.29 is 4.79 Å². The van der Waals surface area contributed by atoms with Crippen molar-refractivity contribution in [1.82, 2.24) is 10.2 Å². The van der Waals surface area contributed by atoms with Crippen molar-refractivity contribution in [2.45, 2.75) is 45.1 Å². The molecule has 1 N–H and O–H groups in total. The minimum atomic E-state index is 0.258. The van der Waals surface area contributed by atoms with Gasteiger partial charge in [-0.1, -0.05) is 25.1 Å². The van der Waals surface area contributed by atoms with Crippen LogP contribution in [-0.2, 0) is 6.42 Å². The number of hydrogen-bond acceptors (Lipinski definition) is 2.